The third kappa shape index (κ3) is 8.14. The van der Waals surface area contributed by atoms with Crippen molar-refractivity contribution >= 4 is 57.5 Å². The molecule has 5 aromatic rings. The van der Waals surface area contributed by atoms with Gasteiger partial charge in [0.25, 0.3) is 5.91 Å². The summed E-state index contributed by atoms with van der Waals surface area (Å²) in [5.74, 6) is 0.789. The number of thiazole rings is 1. The summed E-state index contributed by atoms with van der Waals surface area (Å²) >= 11 is 13.8. The summed E-state index contributed by atoms with van der Waals surface area (Å²) in [7, 11) is 0. The smallest absolute Gasteiger partial charge is 0.271 e. The van der Waals surface area contributed by atoms with Gasteiger partial charge >= 0.3 is 0 Å². The topological polar surface area (TPSA) is 84.8 Å². The van der Waals surface area contributed by atoms with E-state index in [2.05, 4.69) is 39.9 Å². The molecule has 0 atom stereocenters. The number of nitrogens with zero attached hydrogens (tertiary/aromatic N) is 2. The molecule has 218 valence electrons. The first kappa shape index (κ1) is 30.1. The van der Waals surface area contributed by atoms with Crippen LogP contribution in [0.3, 0.4) is 0 Å². The van der Waals surface area contributed by atoms with Crippen molar-refractivity contribution in [1.82, 2.24) is 10.4 Å². The standard InChI is InChI=1S/C33H28Cl2N4O3S/c1-3-41-31-16-22(6-15-30(31)42-19-25-11-12-26(34)17-28(25)35)18-36-39-32(40)24-9-7-23(8-10-24)29-20-43-33(38-29)37-27-13-4-21(2)5-14-27/h4-18,20H,3,19H2,1-2H3,(H,37,38)(H,39,40)/b36-18-. The Hall–Kier alpha value is -4.37. The quantitative estimate of drug-likeness (QED) is 0.112. The van der Waals surface area contributed by atoms with Crippen LogP contribution >= 0.6 is 34.5 Å². The largest absolute Gasteiger partial charge is 0.490 e. The maximum atomic E-state index is 12.7. The van der Waals surface area contributed by atoms with Crippen LogP contribution in [0.1, 0.15) is 34.0 Å². The van der Waals surface area contributed by atoms with Crippen molar-refractivity contribution in [2.75, 3.05) is 11.9 Å². The number of carbonyl (C=O) groups excluding carboxylic acids is 1. The zero-order valence-corrected chi connectivity index (χ0v) is 25.8. The van der Waals surface area contributed by atoms with Crippen LogP contribution in [0.25, 0.3) is 11.3 Å². The van der Waals surface area contributed by atoms with Gasteiger partial charge in [0.2, 0.25) is 0 Å². The number of halogens is 2. The summed E-state index contributed by atoms with van der Waals surface area (Å²) in [4.78, 5) is 17.4. The summed E-state index contributed by atoms with van der Waals surface area (Å²) in [6.07, 6.45) is 1.55. The van der Waals surface area contributed by atoms with Crippen LogP contribution in [0.5, 0.6) is 11.5 Å². The summed E-state index contributed by atoms with van der Waals surface area (Å²) in [5.41, 5.74) is 8.52. The third-order valence-electron chi connectivity index (χ3n) is 6.30. The number of anilines is 2. The maximum absolute atomic E-state index is 12.7. The van der Waals surface area contributed by atoms with Crippen LogP contribution < -0.4 is 20.2 Å². The summed E-state index contributed by atoms with van der Waals surface area (Å²) in [6.45, 7) is 4.66. The molecule has 0 bridgehead atoms. The molecule has 10 heteroatoms. The zero-order chi connectivity index (χ0) is 30.2. The van der Waals surface area contributed by atoms with Crippen LogP contribution in [0.15, 0.2) is 95.4 Å². The number of aryl methyl sites for hydroxylation is 1. The van der Waals surface area contributed by atoms with E-state index in [1.165, 1.54) is 16.9 Å². The van der Waals surface area contributed by atoms with Gasteiger partial charge in [-0.2, -0.15) is 5.10 Å². The van der Waals surface area contributed by atoms with Crippen molar-refractivity contribution in [2.24, 2.45) is 5.10 Å². The van der Waals surface area contributed by atoms with E-state index in [0.717, 1.165) is 33.2 Å². The maximum Gasteiger partial charge on any atom is 0.271 e. The normalized spacial score (nSPS) is 11.0. The Morgan fingerprint density at radius 1 is 0.953 bits per heavy atom. The van der Waals surface area contributed by atoms with E-state index >= 15 is 0 Å². The summed E-state index contributed by atoms with van der Waals surface area (Å²) in [6, 6.07) is 26.0. The minimum absolute atomic E-state index is 0.256. The van der Waals surface area contributed by atoms with Crippen molar-refractivity contribution < 1.29 is 14.3 Å². The van der Waals surface area contributed by atoms with Crippen molar-refractivity contribution in [1.29, 1.82) is 0 Å². The molecule has 1 aromatic heterocycles. The van der Waals surface area contributed by atoms with Crippen LogP contribution in [-0.4, -0.2) is 23.7 Å². The van der Waals surface area contributed by atoms with Crippen LogP contribution in [-0.2, 0) is 6.61 Å². The number of benzene rings is 4. The fourth-order valence-electron chi connectivity index (χ4n) is 4.03. The fourth-order valence-corrected chi connectivity index (χ4v) is 5.24. The van der Waals surface area contributed by atoms with Crippen molar-refractivity contribution in [2.45, 2.75) is 20.5 Å². The number of hydrogen-bond donors (Lipinski definition) is 2. The van der Waals surface area contributed by atoms with Crippen LogP contribution in [0.2, 0.25) is 10.0 Å². The molecule has 5 rings (SSSR count). The van der Waals surface area contributed by atoms with Gasteiger partial charge in [-0.25, -0.2) is 10.4 Å². The molecule has 0 fully saturated rings. The number of hydrazone groups is 1. The molecule has 0 spiro atoms. The van der Waals surface area contributed by atoms with Crippen molar-refractivity contribution in [3.63, 3.8) is 0 Å². The highest BCUT2D eigenvalue weighted by atomic mass is 35.5. The molecular weight excluding hydrogens is 603 g/mol. The Kier molecular flexibility index (Phi) is 9.94. The fraction of sp³-hybridized carbons (Fsp3) is 0.121. The molecule has 0 aliphatic rings. The molecule has 0 unspecified atom stereocenters. The summed E-state index contributed by atoms with van der Waals surface area (Å²) in [5, 5.41) is 11.3. The molecule has 0 saturated heterocycles. The second-order valence-electron chi connectivity index (χ2n) is 9.47. The van der Waals surface area contributed by atoms with E-state index in [-0.39, 0.29) is 12.5 Å². The Morgan fingerprint density at radius 2 is 1.74 bits per heavy atom. The van der Waals surface area contributed by atoms with Gasteiger partial charge in [-0.1, -0.05) is 59.1 Å². The average molecular weight is 632 g/mol. The van der Waals surface area contributed by atoms with Crippen LogP contribution in [0.4, 0.5) is 10.8 Å². The number of ether oxygens (including phenoxy) is 2. The first-order chi connectivity index (χ1) is 20.9. The van der Waals surface area contributed by atoms with E-state index in [1.54, 1.807) is 42.6 Å². The van der Waals surface area contributed by atoms with Gasteiger partial charge in [0.05, 0.1) is 18.5 Å². The first-order valence-corrected chi connectivity index (χ1v) is 15.1. The highest BCUT2D eigenvalue weighted by molar-refractivity contribution is 7.14. The predicted octanol–water partition coefficient (Wildman–Crippen LogP) is 8.91. The second-order valence-corrected chi connectivity index (χ2v) is 11.2. The van der Waals surface area contributed by atoms with E-state index in [4.69, 9.17) is 32.7 Å². The molecule has 1 heterocycles. The van der Waals surface area contributed by atoms with Gasteiger partial charge in [-0.15, -0.1) is 11.3 Å². The number of rotatable bonds is 11. The van der Waals surface area contributed by atoms with E-state index in [9.17, 15) is 4.79 Å². The third-order valence-corrected chi connectivity index (χ3v) is 7.64. The molecule has 0 radical (unpaired) electrons. The van der Waals surface area contributed by atoms with Gasteiger partial charge in [-0.05, 0) is 74.0 Å². The second kappa shape index (κ2) is 14.2. The minimum atomic E-state index is -0.326. The van der Waals surface area contributed by atoms with E-state index < -0.39 is 0 Å². The lowest BCUT2D eigenvalue weighted by molar-refractivity contribution is 0.0955. The van der Waals surface area contributed by atoms with Crippen LogP contribution in [0, 0.1) is 6.92 Å². The average Bonchev–Trinajstić information content (AvgIpc) is 3.47. The lowest BCUT2D eigenvalue weighted by Gasteiger charge is -2.13. The van der Waals surface area contributed by atoms with Gasteiger partial charge in [0, 0.05) is 37.8 Å². The molecule has 1 amide bonds. The molecule has 0 aliphatic heterocycles. The Balaban J connectivity index is 1.17. The highest BCUT2D eigenvalue weighted by Gasteiger charge is 2.10. The lowest BCUT2D eigenvalue weighted by atomic mass is 10.1. The first-order valence-electron chi connectivity index (χ1n) is 13.4. The summed E-state index contributed by atoms with van der Waals surface area (Å²) < 4.78 is 11.7. The number of hydrogen-bond acceptors (Lipinski definition) is 7. The Bertz CT molecular complexity index is 1740. The molecule has 43 heavy (non-hydrogen) atoms. The molecule has 2 N–H and O–H groups in total. The zero-order valence-electron chi connectivity index (χ0n) is 23.4. The van der Waals surface area contributed by atoms with E-state index in [1.807, 2.05) is 48.7 Å². The Morgan fingerprint density at radius 3 is 2.49 bits per heavy atom. The van der Waals surface area contributed by atoms with Gasteiger partial charge in [-0.3, -0.25) is 4.79 Å². The molecule has 0 aliphatic carbocycles. The Labute approximate surface area is 264 Å². The highest BCUT2D eigenvalue weighted by Crippen LogP contribution is 2.31. The van der Waals surface area contributed by atoms with Gasteiger partial charge in [0.15, 0.2) is 16.6 Å². The predicted molar refractivity (Wildman–Crippen MR) is 175 cm³/mol. The monoisotopic (exact) mass is 630 g/mol. The number of amides is 1. The lowest BCUT2D eigenvalue weighted by Crippen LogP contribution is -2.17. The molecule has 4 aromatic carbocycles. The molecular formula is C33H28Cl2N4O3S. The number of nitrogens with one attached hydrogen (secondary N) is 2. The van der Waals surface area contributed by atoms with Crippen molar-refractivity contribution in [3.05, 3.63) is 123 Å². The number of carbonyl (C=O) groups is 1. The van der Waals surface area contributed by atoms with Crippen molar-refractivity contribution in [3.8, 4) is 22.8 Å². The SMILES string of the molecule is CCOc1cc(/C=N\NC(=O)c2ccc(-c3csc(Nc4ccc(C)cc4)n3)cc2)ccc1OCc1ccc(Cl)cc1Cl. The minimum Gasteiger partial charge on any atom is -0.490 e. The van der Waals surface area contributed by atoms with Gasteiger partial charge in [0.1, 0.15) is 6.61 Å². The molecule has 0 saturated carbocycles. The van der Waals surface area contributed by atoms with Gasteiger partial charge < -0.3 is 14.8 Å². The number of aromatic nitrogens is 1. The van der Waals surface area contributed by atoms with E-state index in [0.29, 0.717) is 33.7 Å². The molecule has 7 nitrogen and oxygen atoms in total.